The Labute approximate surface area is 129 Å². The van der Waals surface area contributed by atoms with Gasteiger partial charge in [-0.3, -0.25) is 0 Å². The average molecular weight is 308 g/mol. The molecule has 2 aromatic rings. The first kappa shape index (κ1) is 16.6. The quantitative estimate of drug-likeness (QED) is 0.760. The number of halogens is 1. The predicted molar refractivity (Wildman–Crippen MR) is 79.6 cm³/mol. The van der Waals surface area contributed by atoms with E-state index in [4.69, 9.17) is 4.74 Å². The van der Waals surface area contributed by atoms with Crippen LogP contribution < -0.4 is 0 Å². The Morgan fingerprint density at radius 3 is 2.50 bits per heavy atom. The highest BCUT2D eigenvalue weighted by Crippen LogP contribution is 2.24. The minimum atomic E-state index is -1.04. The lowest BCUT2D eigenvalue weighted by Gasteiger charge is -2.14. The molecule has 2 atom stereocenters. The zero-order valence-electron chi connectivity index (χ0n) is 12.8. The van der Waals surface area contributed by atoms with Crippen LogP contribution in [0.3, 0.4) is 0 Å². The van der Waals surface area contributed by atoms with Crippen LogP contribution in [0.25, 0.3) is 0 Å². The number of imidazole rings is 1. The van der Waals surface area contributed by atoms with Crippen LogP contribution in [0.1, 0.15) is 49.5 Å². The number of aromatic nitrogens is 2. The van der Waals surface area contributed by atoms with Gasteiger partial charge in [-0.2, -0.15) is 4.94 Å². The third-order valence-corrected chi connectivity index (χ3v) is 3.34. The van der Waals surface area contributed by atoms with Crippen LogP contribution >= 0.6 is 0 Å². The van der Waals surface area contributed by atoms with Crippen LogP contribution in [-0.4, -0.2) is 21.3 Å². The monoisotopic (exact) mass is 308 g/mol. The molecule has 0 fully saturated rings. The van der Waals surface area contributed by atoms with Crippen molar-refractivity contribution in [1.82, 2.24) is 9.55 Å². The molecule has 1 aromatic heterocycles. The van der Waals surface area contributed by atoms with Crippen molar-refractivity contribution in [2.45, 2.75) is 39.2 Å². The summed E-state index contributed by atoms with van der Waals surface area (Å²) < 4.78 is 19.5. The second-order valence-electron chi connectivity index (χ2n) is 4.98. The number of aliphatic hydroxyl groups excluding tert-OH is 1. The Morgan fingerprint density at radius 2 is 1.91 bits per heavy atom. The molecule has 0 spiro atoms. The summed E-state index contributed by atoms with van der Waals surface area (Å²) >= 11 is 0. The molecule has 0 aliphatic rings. The number of hydrogen-bond donors (Lipinski definition) is 1. The van der Waals surface area contributed by atoms with Crippen molar-refractivity contribution < 1.29 is 19.3 Å². The van der Waals surface area contributed by atoms with Crippen molar-refractivity contribution in [2.75, 3.05) is 6.61 Å². The zero-order chi connectivity index (χ0) is 15.9. The molecule has 2 unspecified atom stereocenters. The standard InChI is InChI=1S/C16H21FN2O3/c1-3-9-19-10-14(18-11-19)15(20)12-5-7-13(8-6-12)16(22-17)21-4-2/h5-8,10-11,15-16,20H,3-4,9H2,1-2H3. The molecule has 1 aromatic carbocycles. The van der Waals surface area contributed by atoms with Gasteiger partial charge in [-0.05, 0) is 23.4 Å². The van der Waals surface area contributed by atoms with Gasteiger partial charge in [-0.15, -0.1) is 0 Å². The molecule has 0 saturated heterocycles. The third-order valence-electron chi connectivity index (χ3n) is 3.34. The number of aliphatic hydroxyl groups is 1. The molecular formula is C16H21FN2O3. The van der Waals surface area contributed by atoms with Gasteiger partial charge in [0.1, 0.15) is 6.10 Å². The van der Waals surface area contributed by atoms with E-state index >= 15 is 0 Å². The van der Waals surface area contributed by atoms with Crippen molar-refractivity contribution in [1.29, 1.82) is 0 Å². The normalized spacial score (nSPS) is 14.0. The highest BCUT2D eigenvalue weighted by molar-refractivity contribution is 5.29. The first-order valence-corrected chi connectivity index (χ1v) is 7.38. The van der Waals surface area contributed by atoms with E-state index in [0.717, 1.165) is 13.0 Å². The molecule has 0 saturated carbocycles. The Kier molecular flexibility index (Phi) is 6.06. The summed E-state index contributed by atoms with van der Waals surface area (Å²) in [5, 5.41) is 10.4. The Morgan fingerprint density at radius 1 is 1.23 bits per heavy atom. The molecule has 120 valence electrons. The first-order chi connectivity index (χ1) is 10.7. The summed E-state index contributed by atoms with van der Waals surface area (Å²) in [7, 11) is 0. The maximum Gasteiger partial charge on any atom is 0.222 e. The van der Waals surface area contributed by atoms with Crippen molar-refractivity contribution in [3.63, 3.8) is 0 Å². The topological polar surface area (TPSA) is 56.5 Å². The number of aryl methyl sites for hydroxylation is 1. The van der Waals surface area contributed by atoms with E-state index in [9.17, 15) is 9.63 Å². The van der Waals surface area contributed by atoms with E-state index in [1.165, 1.54) is 0 Å². The molecule has 1 N–H and O–H groups in total. The molecule has 0 radical (unpaired) electrons. The summed E-state index contributed by atoms with van der Waals surface area (Å²) in [6, 6.07) is 6.76. The van der Waals surface area contributed by atoms with E-state index in [1.54, 1.807) is 37.5 Å². The fraction of sp³-hybridized carbons (Fsp3) is 0.438. The lowest BCUT2D eigenvalue weighted by molar-refractivity contribution is -0.278. The van der Waals surface area contributed by atoms with E-state index in [-0.39, 0.29) is 0 Å². The van der Waals surface area contributed by atoms with Gasteiger partial charge in [0.15, 0.2) is 0 Å². The zero-order valence-corrected chi connectivity index (χ0v) is 12.8. The van der Waals surface area contributed by atoms with Gasteiger partial charge < -0.3 is 14.4 Å². The van der Waals surface area contributed by atoms with Crippen LogP contribution in [-0.2, 0) is 16.2 Å². The van der Waals surface area contributed by atoms with Crippen LogP contribution in [0.2, 0.25) is 0 Å². The SMILES string of the molecule is CCCn1cnc(C(O)c2ccc(C(OF)OCC)cc2)c1. The molecule has 6 heteroatoms. The molecule has 0 bridgehead atoms. The third kappa shape index (κ3) is 3.91. The lowest BCUT2D eigenvalue weighted by Crippen LogP contribution is -2.06. The van der Waals surface area contributed by atoms with E-state index < -0.39 is 12.4 Å². The van der Waals surface area contributed by atoms with Crippen molar-refractivity contribution in [3.8, 4) is 0 Å². The number of nitrogens with zero attached hydrogens (tertiary/aromatic N) is 2. The first-order valence-electron chi connectivity index (χ1n) is 7.38. The summed E-state index contributed by atoms with van der Waals surface area (Å²) in [6.07, 6.45) is 2.68. The number of hydrogen-bond acceptors (Lipinski definition) is 4. The second-order valence-corrected chi connectivity index (χ2v) is 4.98. The predicted octanol–water partition coefficient (Wildman–Crippen LogP) is 3.31. The molecule has 0 amide bonds. The van der Waals surface area contributed by atoms with Gasteiger partial charge in [-0.25, -0.2) is 4.98 Å². The smallest absolute Gasteiger partial charge is 0.222 e. The van der Waals surface area contributed by atoms with Gasteiger partial charge in [0.25, 0.3) is 0 Å². The Balaban J connectivity index is 2.11. The molecular weight excluding hydrogens is 287 g/mol. The van der Waals surface area contributed by atoms with Crippen molar-refractivity contribution >= 4 is 0 Å². The van der Waals surface area contributed by atoms with E-state index in [0.29, 0.717) is 23.4 Å². The van der Waals surface area contributed by atoms with Crippen LogP contribution in [0.5, 0.6) is 0 Å². The van der Waals surface area contributed by atoms with Gasteiger partial charge >= 0.3 is 0 Å². The molecule has 2 rings (SSSR count). The fourth-order valence-corrected chi connectivity index (χ4v) is 2.23. The summed E-state index contributed by atoms with van der Waals surface area (Å²) in [4.78, 5) is 8.01. The summed E-state index contributed by atoms with van der Waals surface area (Å²) in [5.41, 5.74) is 1.82. The van der Waals surface area contributed by atoms with Gasteiger partial charge in [0.05, 0.1) is 12.0 Å². The van der Waals surface area contributed by atoms with Crippen molar-refractivity contribution in [3.05, 3.63) is 53.6 Å². The highest BCUT2D eigenvalue weighted by Gasteiger charge is 2.16. The minimum absolute atomic E-state index is 0.341. The van der Waals surface area contributed by atoms with Gasteiger partial charge in [-0.1, -0.05) is 31.2 Å². The fourth-order valence-electron chi connectivity index (χ4n) is 2.23. The average Bonchev–Trinajstić information content (AvgIpc) is 3.01. The molecule has 1 heterocycles. The minimum Gasteiger partial charge on any atom is -0.382 e. The largest absolute Gasteiger partial charge is 0.382 e. The second kappa shape index (κ2) is 8.03. The Bertz CT molecular complexity index is 571. The summed E-state index contributed by atoms with van der Waals surface area (Å²) in [6.45, 7) is 5.05. The van der Waals surface area contributed by atoms with Gasteiger partial charge in [0, 0.05) is 24.9 Å². The van der Waals surface area contributed by atoms with E-state index in [2.05, 4.69) is 16.8 Å². The van der Waals surface area contributed by atoms with Gasteiger partial charge in [0.2, 0.25) is 6.29 Å². The number of benzene rings is 1. The van der Waals surface area contributed by atoms with Crippen LogP contribution in [0.15, 0.2) is 36.8 Å². The maximum atomic E-state index is 12.4. The summed E-state index contributed by atoms with van der Waals surface area (Å²) in [5.74, 6) is 0. The molecule has 0 aliphatic carbocycles. The molecule has 0 aliphatic heterocycles. The van der Waals surface area contributed by atoms with Crippen LogP contribution in [0.4, 0.5) is 4.53 Å². The van der Waals surface area contributed by atoms with E-state index in [1.807, 2.05) is 10.8 Å². The number of ether oxygens (including phenoxy) is 1. The highest BCUT2D eigenvalue weighted by atomic mass is 19.3. The maximum absolute atomic E-state index is 12.4. The number of rotatable bonds is 8. The molecule has 5 nitrogen and oxygen atoms in total. The van der Waals surface area contributed by atoms with Crippen molar-refractivity contribution in [2.24, 2.45) is 0 Å². The lowest BCUT2D eigenvalue weighted by atomic mass is 10.0. The molecule has 22 heavy (non-hydrogen) atoms. The Hall–Kier alpha value is -1.76. The van der Waals surface area contributed by atoms with Crippen LogP contribution in [0, 0.1) is 0 Å².